The summed E-state index contributed by atoms with van der Waals surface area (Å²) in [4.78, 5) is 11.5. The number of carbonyl (C=O) groups excluding carboxylic acids is 1. The summed E-state index contributed by atoms with van der Waals surface area (Å²) in [5.74, 6) is -0.752. The number of allylic oxidation sites excluding steroid dienone is 1. The normalized spacial score (nSPS) is 12.6. The summed E-state index contributed by atoms with van der Waals surface area (Å²) in [6.07, 6.45) is 17.5. The topological polar surface area (TPSA) is 89.9 Å². The molecule has 0 amide bonds. The molecule has 0 aromatic rings. The summed E-state index contributed by atoms with van der Waals surface area (Å²) >= 11 is 0. The zero-order valence-corrected chi connectivity index (χ0v) is 22.3. The Balaban J connectivity index is -0.00000392. The first-order valence-electron chi connectivity index (χ1n) is 11.4. The fraction of sp³-hybridized carbons (Fsp3) is 0.864. The smallest absolute Gasteiger partial charge is 1.00 e. The molecular formula is C22H43NaO6S. The molecule has 8 heteroatoms. The third kappa shape index (κ3) is 22.8. The maximum atomic E-state index is 11.5. The van der Waals surface area contributed by atoms with Crippen LogP contribution in [0.4, 0.5) is 0 Å². The van der Waals surface area contributed by atoms with Crippen LogP contribution in [0.2, 0.25) is 0 Å². The summed E-state index contributed by atoms with van der Waals surface area (Å²) in [7, 11) is -4.20. The van der Waals surface area contributed by atoms with Crippen LogP contribution in [0.5, 0.6) is 0 Å². The van der Waals surface area contributed by atoms with Gasteiger partial charge in [0.1, 0.15) is 0 Å². The molecule has 0 aromatic carbocycles. The standard InChI is InChI=1S/C22H42O6S.Na.H/c1-3-5-7-14-17-21(23)18-15-12-10-8-9-11-13-16-19-22(24)28-29(25,26)27-20-6-4-2;;/h12,15,21,23H,3-11,13-14,16-20H2,1-2H3;;/q;+1;-1/b15-12-;;/t21-;;/m1../s1. The fourth-order valence-corrected chi connectivity index (χ4v) is 3.52. The van der Waals surface area contributed by atoms with E-state index in [2.05, 4.69) is 27.4 Å². The molecule has 1 atom stereocenters. The average Bonchev–Trinajstić information content (AvgIpc) is 2.66. The van der Waals surface area contributed by atoms with Crippen molar-refractivity contribution in [1.82, 2.24) is 0 Å². The molecule has 0 rings (SSSR count). The quantitative estimate of drug-likeness (QED) is 0.171. The average molecular weight is 459 g/mol. The number of hydrogen-bond acceptors (Lipinski definition) is 6. The van der Waals surface area contributed by atoms with Crippen molar-refractivity contribution in [2.75, 3.05) is 6.61 Å². The predicted molar refractivity (Wildman–Crippen MR) is 118 cm³/mol. The van der Waals surface area contributed by atoms with Gasteiger partial charge in [0.15, 0.2) is 0 Å². The molecule has 174 valence electrons. The third-order valence-electron chi connectivity index (χ3n) is 4.64. The first-order valence-corrected chi connectivity index (χ1v) is 12.7. The van der Waals surface area contributed by atoms with Crippen molar-refractivity contribution in [1.29, 1.82) is 0 Å². The Bertz CT molecular complexity index is 528. The number of aliphatic hydroxyl groups is 1. The molecule has 0 fully saturated rings. The molecule has 0 heterocycles. The Hall–Kier alpha value is 0.0800. The molecule has 0 bridgehead atoms. The second kappa shape index (κ2) is 22.3. The van der Waals surface area contributed by atoms with E-state index < -0.39 is 16.4 Å². The van der Waals surface area contributed by atoms with Crippen molar-refractivity contribution in [3.63, 3.8) is 0 Å². The van der Waals surface area contributed by atoms with Crippen molar-refractivity contribution >= 4 is 16.4 Å². The third-order valence-corrected chi connectivity index (χ3v) is 5.48. The van der Waals surface area contributed by atoms with Crippen molar-refractivity contribution in [2.24, 2.45) is 0 Å². The van der Waals surface area contributed by atoms with Gasteiger partial charge in [0.2, 0.25) is 0 Å². The monoisotopic (exact) mass is 458 g/mol. The molecule has 0 aliphatic carbocycles. The molecule has 0 aromatic heterocycles. The van der Waals surface area contributed by atoms with Gasteiger partial charge in [0, 0.05) is 6.42 Å². The predicted octanol–water partition coefficient (Wildman–Crippen LogP) is 2.72. The summed E-state index contributed by atoms with van der Waals surface area (Å²) in [5, 5.41) is 9.88. The van der Waals surface area contributed by atoms with Gasteiger partial charge in [0.05, 0.1) is 12.7 Å². The van der Waals surface area contributed by atoms with E-state index in [0.717, 1.165) is 57.8 Å². The van der Waals surface area contributed by atoms with E-state index in [9.17, 15) is 18.3 Å². The van der Waals surface area contributed by atoms with Crippen LogP contribution in [0.3, 0.4) is 0 Å². The summed E-state index contributed by atoms with van der Waals surface area (Å²) in [6, 6.07) is 0. The molecule has 30 heavy (non-hydrogen) atoms. The van der Waals surface area contributed by atoms with Crippen LogP contribution >= 0.6 is 0 Å². The minimum absolute atomic E-state index is 0. The second-order valence-corrected chi connectivity index (χ2v) is 8.77. The van der Waals surface area contributed by atoms with Gasteiger partial charge in [0.25, 0.3) is 0 Å². The van der Waals surface area contributed by atoms with Gasteiger partial charge in [-0.15, -0.1) is 0 Å². The van der Waals surface area contributed by atoms with Crippen molar-refractivity contribution in [3.8, 4) is 0 Å². The van der Waals surface area contributed by atoms with Gasteiger partial charge >= 0.3 is 45.9 Å². The van der Waals surface area contributed by atoms with Crippen LogP contribution in [0.1, 0.15) is 112 Å². The number of unbranched alkanes of at least 4 members (excludes halogenated alkanes) is 9. The maximum Gasteiger partial charge on any atom is 1.00 e. The zero-order chi connectivity index (χ0) is 21.8. The minimum atomic E-state index is -4.20. The molecule has 0 aliphatic heterocycles. The molecule has 0 aliphatic rings. The first-order chi connectivity index (χ1) is 13.9. The van der Waals surface area contributed by atoms with Crippen molar-refractivity contribution < 1.29 is 57.7 Å². The number of hydrogen-bond donors (Lipinski definition) is 1. The Morgan fingerprint density at radius 1 is 0.933 bits per heavy atom. The molecular weight excluding hydrogens is 415 g/mol. The van der Waals surface area contributed by atoms with E-state index in [1.54, 1.807) is 0 Å². The summed E-state index contributed by atoms with van der Waals surface area (Å²) in [5.41, 5.74) is 0. The number of aliphatic hydroxyl groups excluding tert-OH is 1. The second-order valence-electron chi connectivity index (χ2n) is 7.56. The zero-order valence-electron chi connectivity index (χ0n) is 20.4. The van der Waals surface area contributed by atoms with Crippen LogP contribution < -0.4 is 29.6 Å². The van der Waals surface area contributed by atoms with E-state index >= 15 is 0 Å². The Morgan fingerprint density at radius 3 is 2.27 bits per heavy atom. The van der Waals surface area contributed by atoms with Gasteiger partial charge in [-0.1, -0.05) is 77.4 Å². The van der Waals surface area contributed by atoms with Crippen LogP contribution in [0.15, 0.2) is 12.2 Å². The molecule has 0 spiro atoms. The van der Waals surface area contributed by atoms with Gasteiger partial charge in [-0.3, -0.25) is 4.79 Å². The van der Waals surface area contributed by atoms with Gasteiger partial charge in [-0.25, -0.2) is 4.18 Å². The Morgan fingerprint density at radius 2 is 1.57 bits per heavy atom. The van der Waals surface area contributed by atoms with Crippen LogP contribution in [0, 0.1) is 0 Å². The largest absolute Gasteiger partial charge is 1.00 e. The van der Waals surface area contributed by atoms with Crippen LogP contribution in [-0.4, -0.2) is 32.2 Å². The van der Waals surface area contributed by atoms with Crippen molar-refractivity contribution in [3.05, 3.63) is 12.2 Å². The van der Waals surface area contributed by atoms with E-state index in [1.807, 2.05) is 6.92 Å². The fourth-order valence-electron chi connectivity index (χ4n) is 2.84. The van der Waals surface area contributed by atoms with Crippen molar-refractivity contribution in [2.45, 2.75) is 116 Å². The minimum Gasteiger partial charge on any atom is -1.00 e. The van der Waals surface area contributed by atoms with E-state index in [-0.39, 0.29) is 50.1 Å². The van der Waals surface area contributed by atoms with Crippen LogP contribution in [-0.2, 0) is 23.6 Å². The molecule has 6 nitrogen and oxygen atoms in total. The summed E-state index contributed by atoms with van der Waals surface area (Å²) in [6.45, 7) is 4.14. The van der Waals surface area contributed by atoms with Gasteiger partial charge in [-0.2, -0.15) is 8.42 Å². The maximum absolute atomic E-state index is 11.5. The van der Waals surface area contributed by atoms with E-state index in [0.29, 0.717) is 12.8 Å². The SMILES string of the molecule is CCCCCC[C@@H](O)C/C=C\CCCCCCCC(=O)OS(=O)(=O)OCCCC.[H-].[Na+]. The van der Waals surface area contributed by atoms with Gasteiger partial charge in [-0.05, 0) is 38.5 Å². The molecule has 0 saturated heterocycles. The van der Waals surface area contributed by atoms with E-state index in [4.69, 9.17) is 0 Å². The Labute approximate surface area is 208 Å². The van der Waals surface area contributed by atoms with Gasteiger partial charge < -0.3 is 10.7 Å². The molecule has 1 N–H and O–H groups in total. The number of rotatable bonds is 20. The van der Waals surface area contributed by atoms with Crippen LogP contribution in [0.25, 0.3) is 0 Å². The Kier molecular flexibility index (Phi) is 24.0. The van der Waals surface area contributed by atoms with E-state index in [1.165, 1.54) is 19.3 Å². The first kappa shape index (κ1) is 32.3. The molecule has 0 saturated carbocycles. The molecule has 0 unspecified atom stereocenters. The molecule has 0 radical (unpaired) electrons. The summed E-state index contributed by atoms with van der Waals surface area (Å²) < 4.78 is 31.8. The number of carbonyl (C=O) groups is 1.